The Morgan fingerprint density at radius 2 is 1.74 bits per heavy atom. The van der Waals surface area contributed by atoms with Gasteiger partial charge < -0.3 is 14.8 Å². The van der Waals surface area contributed by atoms with E-state index in [0.717, 1.165) is 11.3 Å². The summed E-state index contributed by atoms with van der Waals surface area (Å²) in [6.45, 7) is 4.05. The van der Waals surface area contributed by atoms with E-state index in [0.29, 0.717) is 0 Å². The Balaban J connectivity index is 3.04. The summed E-state index contributed by atoms with van der Waals surface area (Å²) < 4.78 is 10.1. The third-order valence-electron chi connectivity index (χ3n) is 3.34. The van der Waals surface area contributed by atoms with Gasteiger partial charge in [0.2, 0.25) is 0 Å². The molecular weight excluding hydrogens is 242 g/mol. The van der Waals surface area contributed by atoms with E-state index >= 15 is 0 Å². The lowest BCUT2D eigenvalue weighted by Crippen LogP contribution is -2.35. The van der Waals surface area contributed by atoms with Crippen LogP contribution in [0.3, 0.4) is 0 Å². The van der Waals surface area contributed by atoms with Crippen LogP contribution in [0.5, 0.6) is 5.75 Å². The number of carbonyl (C=O) groups is 1. The molecule has 0 aliphatic rings. The molecule has 19 heavy (non-hydrogen) atoms. The largest absolute Gasteiger partial charge is 0.497 e. The Morgan fingerprint density at radius 3 is 2.11 bits per heavy atom. The highest BCUT2D eigenvalue weighted by molar-refractivity contribution is 5.73. The van der Waals surface area contributed by atoms with Crippen molar-refractivity contribution in [3.63, 3.8) is 0 Å². The number of nitrogens with one attached hydrogen (secondary N) is 1. The van der Waals surface area contributed by atoms with Crippen LogP contribution in [0.2, 0.25) is 0 Å². The standard InChI is InChI=1S/C15H23NO3/c1-10(2)13(15(17)19-5)14(16-3)11-6-8-12(18-4)9-7-11/h6-10,13-14,16H,1-5H3. The van der Waals surface area contributed by atoms with Crippen LogP contribution in [-0.2, 0) is 9.53 Å². The van der Waals surface area contributed by atoms with Crippen molar-refractivity contribution >= 4 is 5.97 Å². The number of methoxy groups -OCH3 is 2. The van der Waals surface area contributed by atoms with Crippen molar-refractivity contribution in [1.29, 1.82) is 0 Å². The second-order valence-corrected chi connectivity index (χ2v) is 4.83. The smallest absolute Gasteiger partial charge is 0.310 e. The van der Waals surface area contributed by atoms with Gasteiger partial charge in [0, 0.05) is 6.04 Å². The predicted octanol–water partition coefficient (Wildman–Crippen LogP) is 2.40. The van der Waals surface area contributed by atoms with E-state index in [-0.39, 0.29) is 23.8 Å². The molecule has 1 N–H and O–H groups in total. The van der Waals surface area contributed by atoms with Gasteiger partial charge in [0.15, 0.2) is 0 Å². The van der Waals surface area contributed by atoms with Crippen LogP contribution in [0, 0.1) is 11.8 Å². The van der Waals surface area contributed by atoms with Gasteiger partial charge in [0.05, 0.1) is 20.1 Å². The first-order valence-electron chi connectivity index (χ1n) is 6.44. The summed E-state index contributed by atoms with van der Waals surface area (Å²) in [5.74, 6) is 0.582. The molecule has 4 nitrogen and oxygen atoms in total. The SMILES string of the molecule is CNC(c1ccc(OC)cc1)C(C(=O)OC)C(C)C. The van der Waals surface area contributed by atoms with Crippen molar-refractivity contribution in [3.05, 3.63) is 29.8 Å². The summed E-state index contributed by atoms with van der Waals surface area (Å²) in [5.41, 5.74) is 1.05. The van der Waals surface area contributed by atoms with Gasteiger partial charge >= 0.3 is 5.97 Å². The lowest BCUT2D eigenvalue weighted by molar-refractivity contribution is -0.148. The molecule has 0 spiro atoms. The first-order valence-corrected chi connectivity index (χ1v) is 6.44. The molecule has 106 valence electrons. The number of rotatable bonds is 6. The lowest BCUT2D eigenvalue weighted by Gasteiger charge is -2.28. The van der Waals surface area contributed by atoms with Crippen molar-refractivity contribution in [3.8, 4) is 5.75 Å². The summed E-state index contributed by atoms with van der Waals surface area (Å²) in [6, 6.07) is 7.66. The molecule has 0 saturated carbocycles. The second kappa shape index (κ2) is 7.14. The van der Waals surface area contributed by atoms with Gasteiger partial charge in [-0.15, -0.1) is 0 Å². The molecule has 0 amide bonds. The van der Waals surface area contributed by atoms with Crippen molar-refractivity contribution in [1.82, 2.24) is 5.32 Å². The van der Waals surface area contributed by atoms with Gasteiger partial charge in [0.25, 0.3) is 0 Å². The molecule has 0 fully saturated rings. The minimum Gasteiger partial charge on any atom is -0.497 e. The Hall–Kier alpha value is -1.55. The third kappa shape index (κ3) is 3.70. The quantitative estimate of drug-likeness (QED) is 0.802. The first kappa shape index (κ1) is 15.5. The molecule has 0 aliphatic heterocycles. The minimum absolute atomic E-state index is 0.0710. The van der Waals surface area contributed by atoms with Crippen molar-refractivity contribution in [2.75, 3.05) is 21.3 Å². The van der Waals surface area contributed by atoms with E-state index in [4.69, 9.17) is 9.47 Å². The number of benzene rings is 1. The summed E-state index contributed by atoms with van der Waals surface area (Å²) in [4.78, 5) is 12.0. The Kier molecular flexibility index (Phi) is 5.83. The lowest BCUT2D eigenvalue weighted by atomic mass is 9.84. The van der Waals surface area contributed by atoms with Crippen molar-refractivity contribution < 1.29 is 14.3 Å². The molecule has 0 bridgehead atoms. The molecule has 1 aromatic carbocycles. The van der Waals surface area contributed by atoms with Crippen LogP contribution in [0.15, 0.2) is 24.3 Å². The fraction of sp³-hybridized carbons (Fsp3) is 0.533. The zero-order valence-corrected chi connectivity index (χ0v) is 12.3. The molecule has 0 aliphatic carbocycles. The van der Waals surface area contributed by atoms with Crippen LogP contribution in [0.1, 0.15) is 25.5 Å². The van der Waals surface area contributed by atoms with E-state index in [1.54, 1.807) is 7.11 Å². The molecule has 2 atom stereocenters. The summed E-state index contributed by atoms with van der Waals surface area (Å²) in [6.07, 6.45) is 0. The summed E-state index contributed by atoms with van der Waals surface area (Å²) >= 11 is 0. The van der Waals surface area contributed by atoms with Crippen LogP contribution >= 0.6 is 0 Å². The van der Waals surface area contributed by atoms with E-state index in [2.05, 4.69) is 5.32 Å². The Morgan fingerprint density at radius 1 is 1.16 bits per heavy atom. The van der Waals surface area contributed by atoms with Gasteiger partial charge in [-0.25, -0.2) is 0 Å². The zero-order valence-electron chi connectivity index (χ0n) is 12.3. The molecular formula is C15H23NO3. The number of carbonyl (C=O) groups excluding carboxylic acids is 1. The summed E-state index contributed by atoms with van der Waals surface area (Å²) in [5, 5.41) is 3.21. The van der Waals surface area contributed by atoms with Crippen molar-refractivity contribution in [2.45, 2.75) is 19.9 Å². The van der Waals surface area contributed by atoms with Crippen molar-refractivity contribution in [2.24, 2.45) is 11.8 Å². The molecule has 4 heteroatoms. The monoisotopic (exact) mass is 265 g/mol. The number of ether oxygens (including phenoxy) is 2. The van der Waals surface area contributed by atoms with Crippen LogP contribution < -0.4 is 10.1 Å². The zero-order chi connectivity index (χ0) is 14.4. The molecule has 1 aromatic rings. The van der Waals surface area contributed by atoms with E-state index in [1.807, 2.05) is 45.2 Å². The van der Waals surface area contributed by atoms with Gasteiger partial charge in [-0.05, 0) is 30.7 Å². The molecule has 2 unspecified atom stereocenters. The summed E-state index contributed by atoms with van der Waals surface area (Å²) in [7, 11) is 4.92. The highest BCUT2D eigenvalue weighted by Gasteiger charge is 2.32. The normalized spacial score (nSPS) is 14.0. The van der Waals surface area contributed by atoms with Gasteiger partial charge in [0.1, 0.15) is 5.75 Å². The molecule has 0 aromatic heterocycles. The maximum Gasteiger partial charge on any atom is 0.310 e. The first-order chi connectivity index (χ1) is 9.04. The van der Waals surface area contributed by atoms with E-state index in [9.17, 15) is 4.79 Å². The average Bonchev–Trinajstić information content (AvgIpc) is 2.43. The Bertz CT molecular complexity index is 400. The van der Waals surface area contributed by atoms with Crippen LogP contribution in [0.25, 0.3) is 0 Å². The maximum absolute atomic E-state index is 12.0. The van der Waals surface area contributed by atoms with E-state index < -0.39 is 0 Å². The maximum atomic E-state index is 12.0. The molecule has 0 saturated heterocycles. The fourth-order valence-electron chi connectivity index (χ4n) is 2.29. The molecule has 0 radical (unpaired) electrons. The Labute approximate surface area is 115 Å². The third-order valence-corrected chi connectivity index (χ3v) is 3.34. The van der Waals surface area contributed by atoms with Gasteiger partial charge in [-0.1, -0.05) is 26.0 Å². The average molecular weight is 265 g/mol. The van der Waals surface area contributed by atoms with Gasteiger partial charge in [-0.2, -0.15) is 0 Å². The topological polar surface area (TPSA) is 47.6 Å². The van der Waals surface area contributed by atoms with Crippen LogP contribution in [-0.4, -0.2) is 27.2 Å². The molecule has 0 heterocycles. The molecule has 1 rings (SSSR count). The number of hydrogen-bond acceptors (Lipinski definition) is 4. The number of esters is 1. The minimum atomic E-state index is -0.219. The van der Waals surface area contributed by atoms with Crippen LogP contribution in [0.4, 0.5) is 0 Å². The highest BCUT2D eigenvalue weighted by atomic mass is 16.5. The van der Waals surface area contributed by atoms with E-state index in [1.165, 1.54) is 7.11 Å². The number of hydrogen-bond donors (Lipinski definition) is 1. The van der Waals surface area contributed by atoms with Gasteiger partial charge in [-0.3, -0.25) is 4.79 Å². The fourth-order valence-corrected chi connectivity index (χ4v) is 2.29. The second-order valence-electron chi connectivity index (χ2n) is 4.83. The highest BCUT2D eigenvalue weighted by Crippen LogP contribution is 2.30. The predicted molar refractivity (Wildman–Crippen MR) is 75.1 cm³/mol.